The van der Waals surface area contributed by atoms with Crippen LogP contribution in [0.15, 0.2) is 35.2 Å². The molecule has 0 spiro atoms. The summed E-state index contributed by atoms with van der Waals surface area (Å²) < 4.78 is 39.3. The predicted molar refractivity (Wildman–Crippen MR) is 103 cm³/mol. The maximum Gasteiger partial charge on any atom is 0.262 e. The van der Waals surface area contributed by atoms with Gasteiger partial charge in [-0.1, -0.05) is 0 Å². The molecule has 27 heavy (non-hydrogen) atoms. The fourth-order valence-corrected chi connectivity index (χ4v) is 4.77. The molecule has 2 aromatic rings. The van der Waals surface area contributed by atoms with E-state index in [1.54, 1.807) is 49.1 Å². The summed E-state index contributed by atoms with van der Waals surface area (Å²) >= 11 is 0. The lowest BCUT2D eigenvalue weighted by Gasteiger charge is -2.29. The third kappa shape index (κ3) is 3.71. The van der Waals surface area contributed by atoms with E-state index in [9.17, 15) is 13.2 Å². The van der Waals surface area contributed by atoms with E-state index in [4.69, 9.17) is 9.47 Å². The maximum atomic E-state index is 13.0. The molecule has 0 saturated carbocycles. The molecule has 3 rings (SSSR count). The van der Waals surface area contributed by atoms with E-state index in [1.807, 2.05) is 0 Å². The zero-order chi connectivity index (χ0) is 19.8. The normalized spacial score (nSPS) is 13.6. The van der Waals surface area contributed by atoms with Gasteiger partial charge in [-0.3, -0.25) is 9.52 Å². The van der Waals surface area contributed by atoms with E-state index in [1.165, 1.54) is 14.0 Å². The molecule has 2 aromatic carbocycles. The Kier molecular flexibility index (Phi) is 5.01. The van der Waals surface area contributed by atoms with Gasteiger partial charge in [0.1, 0.15) is 18.1 Å². The van der Waals surface area contributed by atoms with Crippen LogP contribution in [-0.4, -0.2) is 34.6 Å². The molecule has 1 amide bonds. The Morgan fingerprint density at radius 1 is 1.19 bits per heavy atom. The molecule has 0 aliphatic carbocycles. The summed E-state index contributed by atoms with van der Waals surface area (Å²) in [6.07, 6.45) is 0. The molecule has 0 atom stereocenters. The fraction of sp³-hybridized carbons (Fsp3) is 0.316. The summed E-state index contributed by atoms with van der Waals surface area (Å²) in [5.41, 5.74) is 2.09. The Morgan fingerprint density at radius 2 is 1.85 bits per heavy atom. The van der Waals surface area contributed by atoms with Crippen molar-refractivity contribution in [3.63, 3.8) is 0 Å². The summed E-state index contributed by atoms with van der Waals surface area (Å²) in [7, 11) is -2.28. The number of fused-ring (bicyclic) bond motifs is 1. The number of benzene rings is 2. The topological polar surface area (TPSA) is 84.9 Å². The van der Waals surface area contributed by atoms with Crippen LogP contribution in [0.4, 0.5) is 11.4 Å². The zero-order valence-electron chi connectivity index (χ0n) is 15.7. The van der Waals surface area contributed by atoms with Gasteiger partial charge in [0.2, 0.25) is 5.91 Å². The Balaban J connectivity index is 1.98. The molecule has 0 bridgehead atoms. The molecular formula is C19H22N2O5S. The van der Waals surface area contributed by atoms with Crippen LogP contribution in [0.1, 0.15) is 18.1 Å². The largest absolute Gasteiger partial charge is 0.497 e. The number of nitrogens with zero attached hydrogens (tertiary/aromatic N) is 1. The number of carbonyl (C=O) groups excluding carboxylic acids is 1. The number of sulfonamides is 1. The number of aryl methyl sites for hydroxylation is 2. The van der Waals surface area contributed by atoms with Gasteiger partial charge in [-0.25, -0.2) is 8.42 Å². The van der Waals surface area contributed by atoms with Crippen molar-refractivity contribution in [2.24, 2.45) is 0 Å². The molecule has 144 valence electrons. The highest BCUT2D eigenvalue weighted by atomic mass is 32.2. The van der Waals surface area contributed by atoms with Crippen LogP contribution >= 0.6 is 0 Å². The highest BCUT2D eigenvalue weighted by Crippen LogP contribution is 2.35. The first kappa shape index (κ1) is 19.0. The average molecular weight is 390 g/mol. The molecule has 0 fully saturated rings. The van der Waals surface area contributed by atoms with E-state index in [0.717, 1.165) is 0 Å². The molecule has 0 aromatic heterocycles. The van der Waals surface area contributed by atoms with Crippen molar-refractivity contribution in [2.45, 2.75) is 25.7 Å². The van der Waals surface area contributed by atoms with Gasteiger partial charge in [-0.05, 0) is 55.3 Å². The van der Waals surface area contributed by atoms with Gasteiger partial charge in [0.05, 0.1) is 29.9 Å². The van der Waals surface area contributed by atoms with E-state index in [2.05, 4.69) is 4.72 Å². The minimum Gasteiger partial charge on any atom is -0.497 e. The van der Waals surface area contributed by atoms with Crippen molar-refractivity contribution in [1.29, 1.82) is 0 Å². The standard InChI is InChI=1S/C19H22N2O5S/c1-12-9-16(25-4)10-13(2)19(12)27(23,24)20-15-5-6-18-17(11-15)21(14(3)22)7-8-26-18/h5-6,9-11,20H,7-8H2,1-4H3. The molecule has 0 unspecified atom stereocenters. The van der Waals surface area contributed by atoms with Gasteiger partial charge < -0.3 is 14.4 Å². The molecule has 8 heteroatoms. The van der Waals surface area contributed by atoms with Crippen molar-refractivity contribution in [1.82, 2.24) is 0 Å². The van der Waals surface area contributed by atoms with Crippen LogP contribution in [0.2, 0.25) is 0 Å². The number of methoxy groups -OCH3 is 1. The van der Waals surface area contributed by atoms with Crippen LogP contribution < -0.4 is 19.1 Å². The number of rotatable bonds is 4. The van der Waals surface area contributed by atoms with E-state index < -0.39 is 10.0 Å². The first-order valence-electron chi connectivity index (χ1n) is 8.46. The van der Waals surface area contributed by atoms with Crippen LogP contribution in [0.3, 0.4) is 0 Å². The van der Waals surface area contributed by atoms with Crippen LogP contribution in [0, 0.1) is 13.8 Å². The number of ether oxygens (including phenoxy) is 2. The highest BCUT2D eigenvalue weighted by molar-refractivity contribution is 7.92. The number of hydrogen-bond donors (Lipinski definition) is 1. The number of amides is 1. The Hall–Kier alpha value is -2.74. The van der Waals surface area contributed by atoms with Gasteiger partial charge >= 0.3 is 0 Å². The number of carbonyl (C=O) groups is 1. The number of nitrogens with one attached hydrogen (secondary N) is 1. The van der Waals surface area contributed by atoms with Crippen molar-refractivity contribution in [3.8, 4) is 11.5 Å². The smallest absolute Gasteiger partial charge is 0.262 e. The van der Waals surface area contributed by atoms with Crippen LogP contribution in [0.5, 0.6) is 11.5 Å². The van der Waals surface area contributed by atoms with Crippen molar-refractivity contribution < 1.29 is 22.7 Å². The fourth-order valence-electron chi connectivity index (χ4n) is 3.27. The summed E-state index contributed by atoms with van der Waals surface area (Å²) in [5.74, 6) is 1.03. The summed E-state index contributed by atoms with van der Waals surface area (Å²) in [5, 5.41) is 0. The van der Waals surface area contributed by atoms with Gasteiger partial charge in [-0.2, -0.15) is 0 Å². The van der Waals surface area contributed by atoms with Crippen molar-refractivity contribution in [2.75, 3.05) is 29.9 Å². The predicted octanol–water partition coefficient (Wildman–Crippen LogP) is 2.86. The second kappa shape index (κ2) is 7.11. The third-order valence-corrected chi connectivity index (χ3v) is 6.08. The van der Waals surface area contributed by atoms with Crippen LogP contribution in [0.25, 0.3) is 0 Å². The Labute approximate surface area is 158 Å². The van der Waals surface area contributed by atoms with E-state index in [-0.39, 0.29) is 10.8 Å². The molecule has 1 heterocycles. The Morgan fingerprint density at radius 3 is 2.44 bits per heavy atom. The summed E-state index contributed by atoms with van der Waals surface area (Å²) in [4.78, 5) is 13.6. The van der Waals surface area contributed by atoms with E-state index >= 15 is 0 Å². The molecule has 0 saturated heterocycles. The van der Waals surface area contributed by atoms with Crippen LogP contribution in [-0.2, 0) is 14.8 Å². The van der Waals surface area contributed by atoms with Crippen molar-refractivity contribution in [3.05, 3.63) is 41.5 Å². The lowest BCUT2D eigenvalue weighted by atomic mass is 10.1. The lowest BCUT2D eigenvalue weighted by molar-refractivity contribution is -0.116. The second-order valence-electron chi connectivity index (χ2n) is 6.40. The average Bonchev–Trinajstić information content (AvgIpc) is 2.59. The first-order chi connectivity index (χ1) is 12.7. The third-order valence-electron chi connectivity index (χ3n) is 4.39. The molecule has 7 nitrogen and oxygen atoms in total. The minimum atomic E-state index is -3.81. The SMILES string of the molecule is COc1cc(C)c(S(=O)(=O)Nc2ccc3c(c2)N(C(C)=O)CCO3)c(C)c1. The summed E-state index contributed by atoms with van der Waals surface area (Å²) in [6, 6.07) is 8.26. The van der Waals surface area contributed by atoms with Gasteiger partial charge in [0.15, 0.2) is 0 Å². The zero-order valence-corrected chi connectivity index (χ0v) is 16.5. The van der Waals surface area contributed by atoms with E-state index in [0.29, 0.717) is 47.2 Å². The lowest BCUT2D eigenvalue weighted by Crippen LogP contribution is -2.36. The van der Waals surface area contributed by atoms with Crippen molar-refractivity contribution >= 4 is 27.3 Å². The molecule has 1 aliphatic heterocycles. The van der Waals surface area contributed by atoms with Gasteiger partial charge in [0, 0.05) is 6.92 Å². The maximum absolute atomic E-state index is 13.0. The van der Waals surface area contributed by atoms with Gasteiger partial charge in [-0.15, -0.1) is 0 Å². The monoisotopic (exact) mass is 390 g/mol. The molecule has 1 N–H and O–H groups in total. The number of hydrogen-bond acceptors (Lipinski definition) is 5. The molecule has 1 aliphatic rings. The quantitative estimate of drug-likeness (QED) is 0.868. The van der Waals surface area contributed by atoms with Gasteiger partial charge in [0.25, 0.3) is 10.0 Å². The Bertz CT molecular complexity index is 978. The minimum absolute atomic E-state index is 0.124. The molecule has 0 radical (unpaired) electrons. The molecular weight excluding hydrogens is 368 g/mol. The second-order valence-corrected chi connectivity index (χ2v) is 8.02. The highest BCUT2D eigenvalue weighted by Gasteiger charge is 2.24. The number of anilines is 2. The summed E-state index contributed by atoms with van der Waals surface area (Å²) in [6.45, 7) is 5.75. The first-order valence-corrected chi connectivity index (χ1v) is 9.94.